The van der Waals surface area contributed by atoms with Crippen LogP contribution in [0.5, 0.6) is 0 Å². The summed E-state index contributed by atoms with van der Waals surface area (Å²) >= 11 is 0. The van der Waals surface area contributed by atoms with Crippen LogP contribution >= 0.6 is 0 Å². The third kappa shape index (κ3) is 4.67. The third-order valence-corrected chi connectivity index (χ3v) is 3.98. The summed E-state index contributed by atoms with van der Waals surface area (Å²) in [6, 6.07) is 14.8. The Balaban J connectivity index is 2.08. The summed E-state index contributed by atoms with van der Waals surface area (Å²) in [4.78, 5) is 0. The molecule has 2 nitrogen and oxygen atoms in total. The maximum atomic E-state index is 13.7. The molecule has 0 amide bonds. The fraction of sp³-hybridized carbons (Fsp3) is 0.294. The molecule has 2 rings (SSSR count). The van der Waals surface area contributed by atoms with Crippen LogP contribution in [0.2, 0.25) is 0 Å². The van der Waals surface area contributed by atoms with E-state index in [1.807, 2.05) is 37.3 Å². The molecule has 2 aromatic carbocycles. The molecule has 2 aromatic rings. The highest BCUT2D eigenvalue weighted by Gasteiger charge is 2.10. The minimum Gasteiger partial charge on any atom is -0.382 e. The average molecular weight is 305 g/mol. The molecule has 0 unspecified atom stereocenters. The summed E-state index contributed by atoms with van der Waals surface area (Å²) in [6.07, 6.45) is 2.30. The number of para-hydroxylation sites is 1. The minimum atomic E-state index is -0.883. The van der Waals surface area contributed by atoms with Gasteiger partial charge in [0.2, 0.25) is 0 Å². The zero-order valence-corrected chi connectivity index (χ0v) is 13.1. The molecular weight excluding hydrogens is 285 g/mol. The summed E-state index contributed by atoms with van der Waals surface area (Å²) < 4.78 is 25.1. The van der Waals surface area contributed by atoms with Crippen molar-refractivity contribution >= 4 is 16.5 Å². The molecular formula is C17H20FNOS. The van der Waals surface area contributed by atoms with Crippen LogP contribution < -0.4 is 5.32 Å². The SMILES string of the molecule is C[C@@H](Cc1ccccc1F)Nc1ccccc1C[S@@](C)=O. The van der Waals surface area contributed by atoms with Gasteiger partial charge in [0.25, 0.3) is 0 Å². The van der Waals surface area contributed by atoms with Crippen molar-refractivity contribution in [1.82, 2.24) is 0 Å². The van der Waals surface area contributed by atoms with Crippen LogP contribution in [0.15, 0.2) is 48.5 Å². The number of rotatable bonds is 6. The lowest BCUT2D eigenvalue weighted by atomic mass is 10.1. The standard InChI is InChI=1S/C17H20FNOS/c1-13(11-14-7-3-5-9-16(14)18)19-17-10-6-4-8-15(17)12-21(2)20/h3-10,13,19H,11-12H2,1-2H3/t13-,21+/m0/s1. The van der Waals surface area contributed by atoms with Gasteiger partial charge in [0, 0.05) is 28.8 Å². The van der Waals surface area contributed by atoms with E-state index in [0.717, 1.165) is 11.3 Å². The summed E-state index contributed by atoms with van der Waals surface area (Å²) in [5, 5.41) is 3.39. The van der Waals surface area contributed by atoms with Crippen LogP contribution in [0.25, 0.3) is 0 Å². The smallest absolute Gasteiger partial charge is 0.126 e. The monoisotopic (exact) mass is 305 g/mol. The van der Waals surface area contributed by atoms with E-state index in [4.69, 9.17) is 0 Å². The quantitative estimate of drug-likeness (QED) is 0.880. The van der Waals surface area contributed by atoms with Crippen LogP contribution in [-0.4, -0.2) is 16.5 Å². The Hall–Kier alpha value is -1.68. The highest BCUT2D eigenvalue weighted by molar-refractivity contribution is 7.83. The van der Waals surface area contributed by atoms with E-state index < -0.39 is 10.8 Å². The maximum absolute atomic E-state index is 13.7. The number of hydrogen-bond donors (Lipinski definition) is 1. The molecule has 2 atom stereocenters. The van der Waals surface area contributed by atoms with Gasteiger partial charge in [-0.3, -0.25) is 4.21 Å². The highest BCUT2D eigenvalue weighted by Crippen LogP contribution is 2.19. The minimum absolute atomic E-state index is 0.0911. The van der Waals surface area contributed by atoms with Gasteiger partial charge in [0.1, 0.15) is 5.82 Å². The third-order valence-electron chi connectivity index (χ3n) is 3.26. The van der Waals surface area contributed by atoms with Gasteiger partial charge in [-0.15, -0.1) is 0 Å². The summed E-state index contributed by atoms with van der Waals surface area (Å²) in [7, 11) is -0.883. The molecule has 0 fully saturated rings. The molecule has 0 aliphatic carbocycles. The van der Waals surface area contributed by atoms with Crippen LogP contribution in [0.4, 0.5) is 10.1 Å². The van der Waals surface area contributed by atoms with Gasteiger partial charge in [0.15, 0.2) is 0 Å². The normalized spacial score (nSPS) is 13.7. The van der Waals surface area contributed by atoms with E-state index in [9.17, 15) is 8.60 Å². The molecule has 1 N–H and O–H groups in total. The first-order chi connectivity index (χ1) is 10.1. The first-order valence-electron chi connectivity index (χ1n) is 6.94. The van der Waals surface area contributed by atoms with Crippen LogP contribution in [0.3, 0.4) is 0 Å². The van der Waals surface area contributed by atoms with Gasteiger partial charge in [-0.25, -0.2) is 4.39 Å². The molecule has 0 aromatic heterocycles. The van der Waals surface area contributed by atoms with Crippen molar-refractivity contribution in [3.63, 3.8) is 0 Å². The number of anilines is 1. The first-order valence-corrected chi connectivity index (χ1v) is 8.67. The van der Waals surface area contributed by atoms with Crippen LogP contribution in [-0.2, 0) is 23.0 Å². The van der Waals surface area contributed by atoms with Gasteiger partial charge in [-0.1, -0.05) is 36.4 Å². The molecule has 4 heteroatoms. The van der Waals surface area contributed by atoms with Gasteiger partial charge in [0.05, 0.1) is 5.75 Å². The average Bonchev–Trinajstić information content (AvgIpc) is 2.43. The fourth-order valence-electron chi connectivity index (χ4n) is 2.32. The van der Waals surface area contributed by atoms with Gasteiger partial charge < -0.3 is 5.32 Å². The van der Waals surface area contributed by atoms with E-state index in [2.05, 4.69) is 5.32 Å². The Bertz CT molecular complexity index is 630. The lowest BCUT2D eigenvalue weighted by molar-refractivity contribution is 0.601. The molecule has 0 aliphatic heterocycles. The lowest BCUT2D eigenvalue weighted by Gasteiger charge is -2.18. The maximum Gasteiger partial charge on any atom is 0.126 e. The zero-order valence-electron chi connectivity index (χ0n) is 12.3. The topological polar surface area (TPSA) is 29.1 Å². The molecule has 0 radical (unpaired) electrons. The summed E-state index contributed by atoms with van der Waals surface area (Å²) in [6.45, 7) is 2.02. The number of nitrogens with one attached hydrogen (secondary N) is 1. The largest absolute Gasteiger partial charge is 0.382 e. The van der Waals surface area contributed by atoms with Crippen molar-refractivity contribution in [2.24, 2.45) is 0 Å². The van der Waals surface area contributed by atoms with Gasteiger partial charge in [-0.2, -0.15) is 0 Å². The number of halogens is 1. The molecule has 0 heterocycles. The van der Waals surface area contributed by atoms with E-state index in [1.165, 1.54) is 6.07 Å². The van der Waals surface area contributed by atoms with Crippen molar-refractivity contribution in [1.29, 1.82) is 0 Å². The van der Waals surface area contributed by atoms with Crippen molar-refractivity contribution in [3.8, 4) is 0 Å². The number of benzene rings is 2. The van der Waals surface area contributed by atoms with E-state index in [-0.39, 0.29) is 11.9 Å². The van der Waals surface area contributed by atoms with E-state index >= 15 is 0 Å². The highest BCUT2D eigenvalue weighted by atomic mass is 32.2. The Morgan fingerprint density at radius 3 is 2.38 bits per heavy atom. The Morgan fingerprint density at radius 1 is 1.10 bits per heavy atom. The van der Waals surface area contributed by atoms with Gasteiger partial charge >= 0.3 is 0 Å². The van der Waals surface area contributed by atoms with Crippen molar-refractivity contribution in [2.75, 3.05) is 11.6 Å². The Labute approximate surface area is 127 Å². The molecule has 0 spiro atoms. The lowest BCUT2D eigenvalue weighted by Crippen LogP contribution is -2.19. The fourth-order valence-corrected chi connectivity index (χ4v) is 3.01. The Morgan fingerprint density at radius 2 is 1.71 bits per heavy atom. The zero-order chi connectivity index (χ0) is 15.2. The molecule has 0 saturated heterocycles. The molecule has 21 heavy (non-hydrogen) atoms. The van der Waals surface area contributed by atoms with E-state index in [0.29, 0.717) is 17.7 Å². The van der Waals surface area contributed by atoms with E-state index in [1.54, 1.807) is 18.4 Å². The summed E-state index contributed by atoms with van der Waals surface area (Å²) in [5.74, 6) is 0.351. The summed E-state index contributed by atoms with van der Waals surface area (Å²) in [5.41, 5.74) is 2.70. The van der Waals surface area contributed by atoms with Crippen molar-refractivity contribution in [3.05, 3.63) is 65.5 Å². The predicted molar refractivity (Wildman–Crippen MR) is 87.4 cm³/mol. The first kappa shape index (κ1) is 15.7. The number of hydrogen-bond acceptors (Lipinski definition) is 2. The second kappa shape index (κ2) is 7.36. The van der Waals surface area contributed by atoms with Gasteiger partial charge in [-0.05, 0) is 36.6 Å². The molecule has 0 bridgehead atoms. The predicted octanol–water partition coefficient (Wildman–Crippen LogP) is 3.75. The van der Waals surface area contributed by atoms with Crippen LogP contribution in [0, 0.1) is 5.82 Å². The molecule has 0 aliphatic rings. The van der Waals surface area contributed by atoms with Crippen molar-refractivity contribution in [2.45, 2.75) is 25.1 Å². The van der Waals surface area contributed by atoms with Crippen LogP contribution in [0.1, 0.15) is 18.1 Å². The molecule has 112 valence electrons. The second-order valence-electron chi connectivity index (χ2n) is 5.22. The van der Waals surface area contributed by atoms with Crippen molar-refractivity contribution < 1.29 is 8.60 Å². The second-order valence-corrected chi connectivity index (χ2v) is 6.65. The molecule has 0 saturated carbocycles. The Kier molecular flexibility index (Phi) is 5.51.